The summed E-state index contributed by atoms with van der Waals surface area (Å²) in [7, 11) is 1.54. The maximum Gasteiger partial charge on any atom is 0.234 e. The predicted molar refractivity (Wildman–Crippen MR) is 107 cm³/mol. The van der Waals surface area contributed by atoms with E-state index in [1.165, 1.54) is 18.9 Å². The number of hydrogen-bond acceptors (Lipinski definition) is 4. The summed E-state index contributed by atoms with van der Waals surface area (Å²) in [6.07, 6.45) is 1.32. The van der Waals surface area contributed by atoms with Crippen LogP contribution in [0.5, 0.6) is 5.75 Å². The average Bonchev–Trinajstić information content (AvgIpc) is 2.61. The van der Waals surface area contributed by atoms with Gasteiger partial charge in [-0.2, -0.15) is 0 Å². The number of hydrogen-bond donors (Lipinski definition) is 2. The van der Waals surface area contributed by atoms with E-state index in [4.69, 9.17) is 16.3 Å². The highest BCUT2D eigenvalue weighted by Gasteiger charge is 2.07. The van der Waals surface area contributed by atoms with E-state index in [0.29, 0.717) is 22.9 Å². The molecule has 0 aliphatic rings. The van der Waals surface area contributed by atoms with Gasteiger partial charge in [0.2, 0.25) is 11.8 Å². The second kappa shape index (κ2) is 10.1. The van der Waals surface area contributed by atoms with E-state index < -0.39 is 0 Å². The number of benzene rings is 2. The molecule has 138 valence electrons. The SMILES string of the molecule is CCCC(=O)Nc1ccc(SCC(=O)Nc2ccc(OC)c(Cl)c2)cc1. The molecule has 0 aliphatic carbocycles. The lowest BCUT2D eigenvalue weighted by Crippen LogP contribution is -2.14. The maximum absolute atomic E-state index is 12.1. The molecule has 0 bridgehead atoms. The minimum absolute atomic E-state index is 0.00503. The van der Waals surface area contributed by atoms with Gasteiger partial charge in [-0.05, 0) is 48.9 Å². The summed E-state index contributed by atoms with van der Waals surface area (Å²) in [6.45, 7) is 1.96. The van der Waals surface area contributed by atoms with Crippen LogP contribution in [0.2, 0.25) is 5.02 Å². The first-order chi connectivity index (χ1) is 12.5. The first-order valence-corrected chi connectivity index (χ1v) is 9.54. The summed E-state index contributed by atoms with van der Waals surface area (Å²) < 4.78 is 5.08. The summed E-state index contributed by atoms with van der Waals surface area (Å²) in [5.41, 5.74) is 1.38. The minimum Gasteiger partial charge on any atom is -0.495 e. The molecule has 26 heavy (non-hydrogen) atoms. The molecule has 0 radical (unpaired) electrons. The molecule has 2 aromatic rings. The second-order valence-corrected chi connectivity index (χ2v) is 6.96. The highest BCUT2D eigenvalue weighted by Crippen LogP contribution is 2.27. The topological polar surface area (TPSA) is 67.4 Å². The molecular formula is C19H21ClN2O3S. The highest BCUT2D eigenvalue weighted by atomic mass is 35.5. The molecule has 2 N–H and O–H groups in total. The molecule has 2 aromatic carbocycles. The van der Waals surface area contributed by atoms with Crippen LogP contribution in [0, 0.1) is 0 Å². The van der Waals surface area contributed by atoms with E-state index in [1.807, 2.05) is 31.2 Å². The average molecular weight is 393 g/mol. The monoisotopic (exact) mass is 392 g/mol. The quantitative estimate of drug-likeness (QED) is 0.632. The zero-order valence-corrected chi connectivity index (χ0v) is 16.2. The van der Waals surface area contributed by atoms with Gasteiger partial charge in [-0.1, -0.05) is 18.5 Å². The molecule has 2 rings (SSSR count). The van der Waals surface area contributed by atoms with Crippen LogP contribution < -0.4 is 15.4 Å². The Kier molecular flexibility index (Phi) is 7.81. The van der Waals surface area contributed by atoms with Crippen molar-refractivity contribution in [2.75, 3.05) is 23.5 Å². The fourth-order valence-electron chi connectivity index (χ4n) is 2.18. The Morgan fingerprint density at radius 1 is 1.04 bits per heavy atom. The number of anilines is 2. The first kappa shape index (κ1) is 20.1. The third kappa shape index (κ3) is 6.28. The summed E-state index contributed by atoms with van der Waals surface area (Å²) in [5.74, 6) is 0.706. The molecule has 5 nitrogen and oxygen atoms in total. The molecular weight excluding hydrogens is 372 g/mol. The van der Waals surface area contributed by atoms with Crippen LogP contribution in [0.1, 0.15) is 19.8 Å². The number of methoxy groups -OCH3 is 1. The summed E-state index contributed by atoms with van der Waals surface area (Å²) >= 11 is 7.46. The van der Waals surface area contributed by atoms with E-state index >= 15 is 0 Å². The van der Waals surface area contributed by atoms with Crippen molar-refractivity contribution in [3.05, 3.63) is 47.5 Å². The zero-order chi connectivity index (χ0) is 18.9. The molecule has 0 aromatic heterocycles. The number of ether oxygens (including phenoxy) is 1. The van der Waals surface area contributed by atoms with E-state index in [1.54, 1.807) is 18.2 Å². The minimum atomic E-state index is -0.128. The van der Waals surface area contributed by atoms with Gasteiger partial charge < -0.3 is 15.4 Å². The number of rotatable bonds is 8. The van der Waals surface area contributed by atoms with E-state index in [0.717, 1.165) is 17.0 Å². The Hall–Kier alpha value is -2.18. The van der Waals surface area contributed by atoms with Gasteiger partial charge in [0.15, 0.2) is 0 Å². The first-order valence-electron chi connectivity index (χ1n) is 8.18. The number of thioether (sulfide) groups is 1. The molecule has 0 spiro atoms. The fraction of sp³-hybridized carbons (Fsp3) is 0.263. The lowest BCUT2D eigenvalue weighted by atomic mass is 10.3. The third-order valence-corrected chi connectivity index (χ3v) is 4.73. The van der Waals surface area contributed by atoms with Crippen LogP contribution >= 0.6 is 23.4 Å². The number of halogens is 1. The van der Waals surface area contributed by atoms with Crippen molar-refractivity contribution in [3.8, 4) is 5.75 Å². The van der Waals surface area contributed by atoms with Crippen molar-refractivity contribution in [2.24, 2.45) is 0 Å². The Bertz CT molecular complexity index is 766. The molecule has 0 saturated heterocycles. The Labute approximate surface area is 162 Å². The summed E-state index contributed by atoms with van der Waals surface area (Å²) in [5, 5.41) is 6.07. The predicted octanol–water partition coefficient (Wildman–Crippen LogP) is 4.82. The molecule has 0 saturated carbocycles. The lowest BCUT2D eigenvalue weighted by Gasteiger charge is -2.08. The van der Waals surface area contributed by atoms with Crippen molar-refractivity contribution >= 4 is 46.6 Å². The molecule has 0 fully saturated rings. The van der Waals surface area contributed by atoms with Crippen LogP contribution in [0.4, 0.5) is 11.4 Å². The van der Waals surface area contributed by atoms with E-state index in [9.17, 15) is 9.59 Å². The number of amides is 2. The van der Waals surface area contributed by atoms with Gasteiger partial charge in [0.25, 0.3) is 0 Å². The van der Waals surface area contributed by atoms with E-state index in [-0.39, 0.29) is 17.6 Å². The van der Waals surface area contributed by atoms with Gasteiger partial charge in [-0.15, -0.1) is 11.8 Å². The fourth-order valence-corrected chi connectivity index (χ4v) is 3.13. The molecule has 0 unspecified atom stereocenters. The van der Waals surface area contributed by atoms with Crippen LogP contribution in [-0.2, 0) is 9.59 Å². The van der Waals surface area contributed by atoms with Gasteiger partial charge in [0.05, 0.1) is 17.9 Å². The Morgan fingerprint density at radius 3 is 2.31 bits per heavy atom. The summed E-state index contributed by atoms with van der Waals surface area (Å²) in [4.78, 5) is 24.6. The molecule has 0 atom stereocenters. The van der Waals surface area contributed by atoms with Crippen molar-refractivity contribution in [1.82, 2.24) is 0 Å². The largest absolute Gasteiger partial charge is 0.495 e. The van der Waals surface area contributed by atoms with Crippen molar-refractivity contribution in [1.29, 1.82) is 0 Å². The number of nitrogens with one attached hydrogen (secondary N) is 2. The van der Waals surface area contributed by atoms with Crippen LogP contribution in [-0.4, -0.2) is 24.7 Å². The van der Waals surface area contributed by atoms with Gasteiger partial charge in [0, 0.05) is 22.7 Å². The van der Waals surface area contributed by atoms with Crippen LogP contribution in [0.3, 0.4) is 0 Å². The van der Waals surface area contributed by atoms with Gasteiger partial charge >= 0.3 is 0 Å². The van der Waals surface area contributed by atoms with Crippen LogP contribution in [0.15, 0.2) is 47.4 Å². The van der Waals surface area contributed by atoms with E-state index in [2.05, 4.69) is 10.6 Å². The molecule has 2 amide bonds. The van der Waals surface area contributed by atoms with Crippen LogP contribution in [0.25, 0.3) is 0 Å². The molecule has 7 heteroatoms. The normalized spacial score (nSPS) is 10.3. The second-order valence-electron chi connectivity index (χ2n) is 5.51. The standard InChI is InChI=1S/C19H21ClN2O3S/c1-3-4-18(23)21-13-5-8-15(9-6-13)26-12-19(24)22-14-7-10-17(25-2)16(20)11-14/h5-11H,3-4,12H2,1-2H3,(H,21,23)(H,22,24). The maximum atomic E-state index is 12.1. The highest BCUT2D eigenvalue weighted by molar-refractivity contribution is 8.00. The van der Waals surface area contributed by atoms with Gasteiger partial charge in [-0.3, -0.25) is 9.59 Å². The third-order valence-electron chi connectivity index (χ3n) is 3.42. The Balaban J connectivity index is 1.83. The smallest absolute Gasteiger partial charge is 0.234 e. The van der Waals surface area contributed by atoms with Crippen molar-refractivity contribution in [3.63, 3.8) is 0 Å². The Morgan fingerprint density at radius 2 is 1.69 bits per heavy atom. The van der Waals surface area contributed by atoms with Crippen molar-refractivity contribution < 1.29 is 14.3 Å². The zero-order valence-electron chi connectivity index (χ0n) is 14.7. The lowest BCUT2D eigenvalue weighted by molar-refractivity contribution is -0.116. The number of carbonyl (C=O) groups is 2. The van der Waals surface area contributed by atoms with Crippen molar-refractivity contribution in [2.45, 2.75) is 24.7 Å². The molecule has 0 heterocycles. The number of carbonyl (C=O) groups excluding carboxylic acids is 2. The molecule has 0 aliphatic heterocycles. The van der Waals surface area contributed by atoms with Gasteiger partial charge in [0.1, 0.15) is 5.75 Å². The van der Waals surface area contributed by atoms with Gasteiger partial charge in [-0.25, -0.2) is 0 Å². The summed E-state index contributed by atoms with van der Waals surface area (Å²) in [6, 6.07) is 12.5.